The molecule has 0 aliphatic rings. The smallest absolute Gasteiger partial charge is 0.0684 e. The minimum absolute atomic E-state index is 0.0133. The van der Waals surface area contributed by atoms with Crippen LogP contribution in [0.25, 0.3) is 0 Å². The van der Waals surface area contributed by atoms with E-state index >= 15 is 0 Å². The van der Waals surface area contributed by atoms with Gasteiger partial charge in [0.2, 0.25) is 0 Å². The van der Waals surface area contributed by atoms with Gasteiger partial charge in [0.15, 0.2) is 0 Å². The van der Waals surface area contributed by atoms with Crippen molar-refractivity contribution in [3.63, 3.8) is 0 Å². The molecular weight excluding hydrogens is 111 g/mol. The van der Waals surface area contributed by atoms with Crippen LogP contribution in [0.15, 0.2) is 0 Å². The Balaban J connectivity index is 3.33. The van der Waals surface area contributed by atoms with Crippen molar-refractivity contribution >= 4 is 7.85 Å². The fraction of sp³-hybridized carbons (Fsp3) is 1.00. The first kappa shape index (κ1) is 9.02. The van der Waals surface area contributed by atoms with Gasteiger partial charge in [0.05, 0.1) is 13.4 Å². The lowest BCUT2D eigenvalue weighted by Crippen LogP contribution is -2.23. The lowest BCUT2D eigenvalue weighted by Gasteiger charge is -2.22. The molecule has 0 aliphatic carbocycles. The molecule has 2 radical (unpaired) electrons. The topological polar surface area (TPSA) is 9.23 Å². The van der Waals surface area contributed by atoms with Crippen LogP contribution in [-0.4, -0.2) is 20.1 Å². The largest absolute Gasteiger partial charge is 0.376 e. The molecule has 1 nitrogen and oxygen atoms in total. The lowest BCUT2D eigenvalue weighted by atomic mass is 10.0. The van der Waals surface area contributed by atoms with Gasteiger partial charge in [-0.25, -0.2) is 0 Å². The van der Waals surface area contributed by atoms with Gasteiger partial charge < -0.3 is 4.74 Å². The average molecular weight is 126 g/mol. The molecule has 0 N–H and O–H groups in total. The van der Waals surface area contributed by atoms with Gasteiger partial charge in [0.25, 0.3) is 0 Å². The molecule has 0 aromatic carbocycles. The summed E-state index contributed by atoms with van der Waals surface area (Å²) in [4.78, 5) is 0. The van der Waals surface area contributed by atoms with E-state index in [9.17, 15) is 0 Å². The summed E-state index contributed by atoms with van der Waals surface area (Å²) in [6.07, 6.45) is 1.65. The highest BCUT2D eigenvalue weighted by Crippen LogP contribution is 2.12. The Morgan fingerprint density at radius 3 is 2.33 bits per heavy atom. The molecule has 0 unspecified atom stereocenters. The summed E-state index contributed by atoms with van der Waals surface area (Å²) in [5.74, 6) is 0. The predicted molar refractivity (Wildman–Crippen MR) is 40.9 cm³/mol. The molecule has 52 valence electrons. The van der Waals surface area contributed by atoms with E-state index in [0.717, 1.165) is 6.42 Å². The predicted octanol–water partition coefficient (Wildman–Crippen LogP) is 1.78. The highest BCUT2D eigenvalue weighted by Gasteiger charge is 2.13. The van der Waals surface area contributed by atoms with Gasteiger partial charge in [-0.3, -0.25) is 0 Å². The van der Waals surface area contributed by atoms with Gasteiger partial charge in [-0.05, 0) is 20.3 Å². The minimum Gasteiger partial charge on any atom is -0.376 e. The van der Waals surface area contributed by atoms with Gasteiger partial charge >= 0.3 is 0 Å². The summed E-state index contributed by atoms with van der Waals surface area (Å²) in [7, 11) is 5.27. The number of hydrogen-bond donors (Lipinski definition) is 0. The van der Waals surface area contributed by atoms with E-state index in [1.165, 1.54) is 0 Å². The van der Waals surface area contributed by atoms with E-state index in [2.05, 4.69) is 20.8 Å². The summed E-state index contributed by atoms with van der Waals surface area (Å²) in [5.41, 5.74) is 0.0133. The van der Waals surface area contributed by atoms with Crippen molar-refractivity contribution < 1.29 is 4.74 Å². The maximum atomic E-state index is 5.40. The zero-order valence-electron chi connectivity index (χ0n) is 6.61. The molecule has 0 aromatic heterocycles. The van der Waals surface area contributed by atoms with Crippen molar-refractivity contribution in [2.45, 2.75) is 39.1 Å². The molecule has 0 saturated heterocycles. The van der Waals surface area contributed by atoms with E-state index < -0.39 is 0 Å². The van der Waals surface area contributed by atoms with Gasteiger partial charge in [-0.15, -0.1) is 0 Å². The van der Waals surface area contributed by atoms with Gasteiger partial charge in [0, 0.05) is 6.61 Å². The maximum absolute atomic E-state index is 5.40. The van der Waals surface area contributed by atoms with Crippen LogP contribution in [0.4, 0.5) is 0 Å². The second kappa shape index (κ2) is 3.94. The van der Waals surface area contributed by atoms with Gasteiger partial charge in [0.1, 0.15) is 0 Å². The van der Waals surface area contributed by atoms with Crippen LogP contribution >= 0.6 is 0 Å². The van der Waals surface area contributed by atoms with E-state index in [1.54, 1.807) is 0 Å². The SMILES string of the molecule is [B]CCOC(C)(C)CC. The Morgan fingerprint density at radius 2 is 2.00 bits per heavy atom. The van der Waals surface area contributed by atoms with Crippen LogP contribution in [0.5, 0.6) is 0 Å². The Kier molecular flexibility index (Phi) is 3.95. The van der Waals surface area contributed by atoms with Crippen molar-refractivity contribution in [3.05, 3.63) is 0 Å². The summed E-state index contributed by atoms with van der Waals surface area (Å²) >= 11 is 0. The van der Waals surface area contributed by atoms with E-state index in [-0.39, 0.29) is 5.60 Å². The first-order chi connectivity index (χ1) is 4.12. The molecular formula is C7H15BO. The van der Waals surface area contributed by atoms with Crippen LogP contribution < -0.4 is 0 Å². The Labute approximate surface area is 59.2 Å². The Hall–Kier alpha value is 0.0249. The van der Waals surface area contributed by atoms with E-state index in [1.807, 2.05) is 0 Å². The monoisotopic (exact) mass is 126 g/mol. The molecule has 0 atom stereocenters. The van der Waals surface area contributed by atoms with Crippen LogP contribution in [0.2, 0.25) is 6.32 Å². The fourth-order valence-corrected chi connectivity index (χ4v) is 0.437. The van der Waals surface area contributed by atoms with Crippen molar-refractivity contribution in [1.82, 2.24) is 0 Å². The molecule has 0 saturated carbocycles. The van der Waals surface area contributed by atoms with Crippen molar-refractivity contribution in [3.8, 4) is 0 Å². The first-order valence-corrected chi connectivity index (χ1v) is 3.46. The molecule has 0 heterocycles. The van der Waals surface area contributed by atoms with Crippen LogP contribution in [0, 0.1) is 0 Å². The van der Waals surface area contributed by atoms with Crippen molar-refractivity contribution in [2.24, 2.45) is 0 Å². The van der Waals surface area contributed by atoms with Crippen LogP contribution in [0.3, 0.4) is 0 Å². The van der Waals surface area contributed by atoms with Gasteiger partial charge in [-0.2, -0.15) is 0 Å². The first-order valence-electron chi connectivity index (χ1n) is 3.46. The van der Waals surface area contributed by atoms with Gasteiger partial charge in [-0.1, -0.05) is 13.2 Å². The Bertz CT molecular complexity index is 71.3. The highest BCUT2D eigenvalue weighted by molar-refractivity contribution is 6.08. The molecule has 2 heteroatoms. The summed E-state index contributed by atoms with van der Waals surface area (Å²) < 4.78 is 5.40. The number of hydrogen-bond acceptors (Lipinski definition) is 1. The maximum Gasteiger partial charge on any atom is 0.0684 e. The quantitative estimate of drug-likeness (QED) is 0.521. The highest BCUT2D eigenvalue weighted by atomic mass is 16.5. The normalized spacial score (nSPS) is 11.9. The van der Waals surface area contributed by atoms with Crippen molar-refractivity contribution in [1.29, 1.82) is 0 Å². The van der Waals surface area contributed by atoms with Crippen LogP contribution in [-0.2, 0) is 4.74 Å². The third-order valence-corrected chi connectivity index (χ3v) is 1.46. The van der Waals surface area contributed by atoms with Crippen molar-refractivity contribution in [2.75, 3.05) is 6.61 Å². The second-order valence-electron chi connectivity index (χ2n) is 2.75. The zero-order valence-corrected chi connectivity index (χ0v) is 6.61. The summed E-state index contributed by atoms with van der Waals surface area (Å²) in [5, 5.41) is 0. The lowest BCUT2D eigenvalue weighted by molar-refractivity contribution is -0.0122. The standard InChI is InChI=1S/C7H15BO/c1-4-7(2,3)9-6-5-8/h4-6H2,1-3H3. The third kappa shape index (κ3) is 4.52. The second-order valence-corrected chi connectivity index (χ2v) is 2.75. The van der Waals surface area contributed by atoms with E-state index in [0.29, 0.717) is 12.9 Å². The molecule has 0 fully saturated rings. The summed E-state index contributed by atoms with van der Waals surface area (Å²) in [6, 6.07) is 0. The van der Waals surface area contributed by atoms with Crippen LogP contribution in [0.1, 0.15) is 27.2 Å². The zero-order chi connectivity index (χ0) is 7.33. The molecule has 0 rings (SSSR count). The average Bonchev–Trinajstić information content (AvgIpc) is 1.84. The molecule has 0 amide bonds. The third-order valence-electron chi connectivity index (χ3n) is 1.46. The molecule has 0 spiro atoms. The molecule has 0 bridgehead atoms. The van der Waals surface area contributed by atoms with E-state index in [4.69, 9.17) is 12.6 Å². The molecule has 0 aromatic rings. The fourth-order valence-electron chi connectivity index (χ4n) is 0.437. The molecule has 9 heavy (non-hydrogen) atoms. The minimum atomic E-state index is 0.0133. The molecule has 0 aliphatic heterocycles. The Morgan fingerprint density at radius 1 is 1.44 bits per heavy atom. The summed E-state index contributed by atoms with van der Waals surface area (Å²) in [6.45, 7) is 6.92. The number of rotatable bonds is 4. The number of ether oxygens (including phenoxy) is 1.